The van der Waals surface area contributed by atoms with Gasteiger partial charge >= 0.3 is 0 Å². The Labute approximate surface area is 85.1 Å². The predicted molar refractivity (Wildman–Crippen MR) is 57.2 cm³/mol. The molecule has 2 nitrogen and oxygen atoms in total. The van der Waals surface area contributed by atoms with Gasteiger partial charge in [0.2, 0.25) is 0 Å². The number of fused-ring (bicyclic) bond motifs is 1. The number of nitrogens with zero attached hydrogens (tertiary/aromatic N) is 1. The average Bonchev–Trinajstić information content (AvgIpc) is 2.65. The van der Waals surface area contributed by atoms with E-state index in [1.807, 2.05) is 0 Å². The van der Waals surface area contributed by atoms with Crippen LogP contribution in [0.25, 0.3) is 0 Å². The number of hydrogen-bond acceptors (Lipinski definition) is 1. The molecule has 2 N–H and O–H groups in total. The summed E-state index contributed by atoms with van der Waals surface area (Å²) in [5, 5.41) is 0. The lowest BCUT2D eigenvalue weighted by Crippen LogP contribution is -2.22. The van der Waals surface area contributed by atoms with E-state index in [1.165, 1.54) is 56.5 Å². The molecule has 3 rings (SSSR count). The highest BCUT2D eigenvalue weighted by atomic mass is 15.0. The Morgan fingerprint density at radius 1 is 1.36 bits per heavy atom. The molecule has 0 bridgehead atoms. The summed E-state index contributed by atoms with van der Waals surface area (Å²) in [5.41, 5.74) is 9.35. The van der Waals surface area contributed by atoms with E-state index in [2.05, 4.69) is 16.7 Å². The number of nitrogens with two attached hydrogens (primary N) is 1. The van der Waals surface area contributed by atoms with Crippen molar-refractivity contribution >= 4 is 0 Å². The van der Waals surface area contributed by atoms with E-state index < -0.39 is 0 Å². The normalized spacial score (nSPS) is 22.4. The van der Waals surface area contributed by atoms with Crippen LogP contribution in [-0.4, -0.2) is 10.1 Å². The van der Waals surface area contributed by atoms with Crippen molar-refractivity contribution in [3.05, 3.63) is 23.5 Å². The van der Waals surface area contributed by atoms with Gasteiger partial charge in [-0.2, -0.15) is 0 Å². The van der Waals surface area contributed by atoms with Gasteiger partial charge in [-0.1, -0.05) is 0 Å². The number of hydrogen-bond donors (Lipinski definition) is 1. The van der Waals surface area contributed by atoms with Gasteiger partial charge in [-0.25, -0.2) is 0 Å². The first-order valence-corrected chi connectivity index (χ1v) is 5.73. The van der Waals surface area contributed by atoms with Crippen LogP contribution < -0.4 is 5.73 Å². The maximum absolute atomic E-state index is 6.10. The van der Waals surface area contributed by atoms with Crippen LogP contribution in [0.4, 0.5) is 0 Å². The summed E-state index contributed by atoms with van der Waals surface area (Å²) in [7, 11) is 0. The zero-order chi connectivity index (χ0) is 9.60. The van der Waals surface area contributed by atoms with E-state index in [-0.39, 0.29) is 5.54 Å². The molecular formula is C12H18N2. The Morgan fingerprint density at radius 2 is 2.21 bits per heavy atom. The zero-order valence-corrected chi connectivity index (χ0v) is 8.63. The lowest BCUT2D eigenvalue weighted by atomic mass is 10.1. The molecule has 1 saturated carbocycles. The van der Waals surface area contributed by atoms with Crippen molar-refractivity contribution in [1.82, 2.24) is 4.57 Å². The molecule has 0 radical (unpaired) electrons. The van der Waals surface area contributed by atoms with Gasteiger partial charge < -0.3 is 10.3 Å². The second-order valence-electron chi connectivity index (χ2n) is 4.93. The molecule has 1 aliphatic heterocycles. The van der Waals surface area contributed by atoms with Gasteiger partial charge in [-0.15, -0.1) is 0 Å². The van der Waals surface area contributed by atoms with Gasteiger partial charge in [0.15, 0.2) is 0 Å². The summed E-state index contributed by atoms with van der Waals surface area (Å²) in [6, 6.07) is 4.58. The van der Waals surface area contributed by atoms with Crippen LogP contribution in [-0.2, 0) is 19.4 Å². The monoisotopic (exact) mass is 190 g/mol. The van der Waals surface area contributed by atoms with Crippen molar-refractivity contribution in [2.45, 2.75) is 50.6 Å². The first kappa shape index (κ1) is 8.54. The lowest BCUT2D eigenvalue weighted by molar-refractivity contribution is 0.585. The van der Waals surface area contributed by atoms with Crippen molar-refractivity contribution in [3.8, 4) is 0 Å². The predicted octanol–water partition coefficient (Wildman–Crippen LogP) is 1.86. The molecule has 0 saturated heterocycles. The van der Waals surface area contributed by atoms with Crippen LogP contribution in [0.3, 0.4) is 0 Å². The quantitative estimate of drug-likeness (QED) is 0.775. The van der Waals surface area contributed by atoms with Crippen LogP contribution in [0, 0.1) is 0 Å². The molecule has 2 aliphatic rings. The van der Waals surface area contributed by atoms with Crippen molar-refractivity contribution < 1.29 is 0 Å². The Morgan fingerprint density at radius 3 is 3.00 bits per heavy atom. The summed E-state index contributed by atoms with van der Waals surface area (Å²) in [4.78, 5) is 0. The fourth-order valence-electron chi connectivity index (χ4n) is 2.49. The van der Waals surface area contributed by atoms with Crippen molar-refractivity contribution in [2.75, 3.05) is 0 Å². The first-order chi connectivity index (χ1) is 6.77. The Hall–Kier alpha value is -0.760. The second kappa shape index (κ2) is 2.86. The molecule has 2 heteroatoms. The maximum Gasteiger partial charge on any atom is 0.0228 e. The Bertz CT molecular complexity index is 347. The SMILES string of the molecule is NC1(CCc2ccc3n2CCC3)CC1. The van der Waals surface area contributed by atoms with Gasteiger partial charge in [-0.3, -0.25) is 0 Å². The highest BCUT2D eigenvalue weighted by Gasteiger charge is 2.37. The number of rotatable bonds is 3. The molecule has 1 aromatic rings. The van der Waals surface area contributed by atoms with E-state index in [0.717, 1.165) is 0 Å². The molecule has 0 atom stereocenters. The molecule has 0 amide bonds. The number of aryl methyl sites for hydroxylation is 2. The van der Waals surface area contributed by atoms with Crippen LogP contribution in [0.1, 0.15) is 37.1 Å². The van der Waals surface area contributed by atoms with E-state index >= 15 is 0 Å². The largest absolute Gasteiger partial charge is 0.349 e. The topological polar surface area (TPSA) is 30.9 Å². The molecule has 14 heavy (non-hydrogen) atoms. The Balaban J connectivity index is 1.71. The van der Waals surface area contributed by atoms with E-state index in [0.29, 0.717) is 0 Å². The summed E-state index contributed by atoms with van der Waals surface area (Å²) >= 11 is 0. The van der Waals surface area contributed by atoms with Crippen LogP contribution in [0.5, 0.6) is 0 Å². The molecule has 76 valence electrons. The summed E-state index contributed by atoms with van der Waals surface area (Å²) < 4.78 is 2.49. The molecule has 1 aromatic heterocycles. The Kier molecular flexibility index (Phi) is 1.75. The number of aromatic nitrogens is 1. The molecule has 0 unspecified atom stereocenters. The average molecular weight is 190 g/mol. The van der Waals surface area contributed by atoms with Gasteiger partial charge in [0.1, 0.15) is 0 Å². The molecule has 1 aliphatic carbocycles. The fourth-order valence-corrected chi connectivity index (χ4v) is 2.49. The molecular weight excluding hydrogens is 172 g/mol. The van der Waals surface area contributed by atoms with Crippen molar-refractivity contribution in [2.24, 2.45) is 5.73 Å². The third-order valence-electron chi connectivity index (χ3n) is 3.75. The van der Waals surface area contributed by atoms with Gasteiger partial charge in [-0.05, 0) is 50.7 Å². The van der Waals surface area contributed by atoms with Crippen LogP contribution >= 0.6 is 0 Å². The fraction of sp³-hybridized carbons (Fsp3) is 0.667. The molecule has 2 heterocycles. The minimum atomic E-state index is 0.212. The third-order valence-corrected chi connectivity index (χ3v) is 3.75. The smallest absolute Gasteiger partial charge is 0.0228 e. The van der Waals surface area contributed by atoms with E-state index in [4.69, 9.17) is 5.73 Å². The standard InChI is InChI=1S/C12H18N2/c13-12(7-8-12)6-5-11-4-3-10-2-1-9-14(10)11/h3-4H,1-2,5-9,13H2. The molecule has 1 fully saturated rings. The molecule has 0 aromatic carbocycles. The highest BCUT2D eigenvalue weighted by Crippen LogP contribution is 2.36. The van der Waals surface area contributed by atoms with Gasteiger partial charge in [0.05, 0.1) is 0 Å². The summed E-state index contributed by atoms with van der Waals surface area (Å²) in [6.45, 7) is 1.23. The highest BCUT2D eigenvalue weighted by molar-refractivity contribution is 5.20. The van der Waals surface area contributed by atoms with Crippen molar-refractivity contribution in [1.29, 1.82) is 0 Å². The van der Waals surface area contributed by atoms with Crippen molar-refractivity contribution in [3.63, 3.8) is 0 Å². The van der Waals surface area contributed by atoms with Crippen LogP contribution in [0.2, 0.25) is 0 Å². The molecule has 0 spiro atoms. The van der Waals surface area contributed by atoms with E-state index in [9.17, 15) is 0 Å². The third kappa shape index (κ3) is 1.38. The van der Waals surface area contributed by atoms with Gasteiger partial charge in [0, 0.05) is 23.5 Å². The first-order valence-electron chi connectivity index (χ1n) is 5.73. The zero-order valence-electron chi connectivity index (χ0n) is 8.63. The van der Waals surface area contributed by atoms with Crippen LogP contribution in [0.15, 0.2) is 12.1 Å². The summed E-state index contributed by atoms with van der Waals surface area (Å²) in [6.07, 6.45) is 7.43. The van der Waals surface area contributed by atoms with E-state index in [1.54, 1.807) is 0 Å². The second-order valence-corrected chi connectivity index (χ2v) is 4.93. The van der Waals surface area contributed by atoms with Gasteiger partial charge in [0.25, 0.3) is 0 Å². The minimum Gasteiger partial charge on any atom is -0.349 e. The maximum atomic E-state index is 6.10. The minimum absolute atomic E-state index is 0.212. The summed E-state index contributed by atoms with van der Waals surface area (Å²) in [5.74, 6) is 0. The lowest BCUT2D eigenvalue weighted by Gasteiger charge is -2.10.